The topological polar surface area (TPSA) is 61.9 Å². The van der Waals surface area contributed by atoms with Crippen LogP contribution in [0.25, 0.3) is 0 Å². The number of nitrogens with zero attached hydrogens (tertiary/aromatic N) is 2. The molecule has 3 rings (SSSR count). The van der Waals surface area contributed by atoms with Crippen LogP contribution in [0.4, 0.5) is 5.69 Å². The fourth-order valence-electron chi connectivity index (χ4n) is 3.62. The Hall–Kier alpha value is -2.73. The highest BCUT2D eigenvalue weighted by Gasteiger charge is 2.31. The van der Waals surface area contributed by atoms with Gasteiger partial charge in [0.15, 0.2) is 0 Å². The van der Waals surface area contributed by atoms with Crippen LogP contribution in [-0.4, -0.2) is 56.0 Å². The summed E-state index contributed by atoms with van der Waals surface area (Å²) >= 11 is 6.10. The molecule has 0 aromatic heterocycles. The lowest BCUT2D eigenvalue weighted by atomic mass is 10.0. The van der Waals surface area contributed by atoms with E-state index in [0.717, 1.165) is 18.8 Å². The molecule has 7 heteroatoms. The van der Waals surface area contributed by atoms with Crippen LogP contribution in [0.3, 0.4) is 0 Å². The average Bonchev–Trinajstić information content (AvgIpc) is 2.76. The van der Waals surface area contributed by atoms with Crippen LogP contribution in [0, 0.1) is 5.92 Å². The van der Waals surface area contributed by atoms with Crippen LogP contribution in [0.5, 0.6) is 5.75 Å². The molecule has 2 aromatic carbocycles. The maximum absolute atomic E-state index is 13.2. The van der Waals surface area contributed by atoms with Crippen molar-refractivity contribution >= 4 is 29.1 Å². The fourth-order valence-corrected chi connectivity index (χ4v) is 3.80. The smallest absolute Gasteiger partial charge is 0.255 e. The fraction of sp³-hybridized carbons (Fsp3) is 0.391. The standard InChI is InChI=1S/C23H28ClN3O3/c1-16(2)21(25-22(28)19-9-4-5-10-20(19)30-3)23(29)27-13-11-26(12-14-27)18-8-6-7-17(24)15-18/h4-10,15-16,21H,11-14H2,1-3H3,(H,25,28)/t21-/m0/s1. The third kappa shape index (κ3) is 5.05. The van der Waals surface area contributed by atoms with Gasteiger partial charge in [-0.3, -0.25) is 9.59 Å². The van der Waals surface area contributed by atoms with E-state index in [1.54, 1.807) is 24.3 Å². The van der Waals surface area contributed by atoms with Gasteiger partial charge in [-0.05, 0) is 36.2 Å². The van der Waals surface area contributed by atoms with Crippen LogP contribution in [0.2, 0.25) is 5.02 Å². The van der Waals surface area contributed by atoms with Crippen LogP contribution < -0.4 is 15.0 Å². The van der Waals surface area contributed by atoms with Crippen molar-refractivity contribution in [2.75, 3.05) is 38.2 Å². The van der Waals surface area contributed by atoms with Crippen LogP contribution >= 0.6 is 11.6 Å². The van der Waals surface area contributed by atoms with Crippen molar-refractivity contribution in [3.63, 3.8) is 0 Å². The molecule has 1 atom stereocenters. The number of rotatable bonds is 6. The van der Waals surface area contributed by atoms with Crippen molar-refractivity contribution in [2.45, 2.75) is 19.9 Å². The molecule has 2 amide bonds. The Morgan fingerprint density at radius 3 is 2.37 bits per heavy atom. The summed E-state index contributed by atoms with van der Waals surface area (Å²) in [6.07, 6.45) is 0. The van der Waals surface area contributed by atoms with E-state index in [9.17, 15) is 9.59 Å². The number of nitrogens with one attached hydrogen (secondary N) is 1. The van der Waals surface area contributed by atoms with Gasteiger partial charge in [0.2, 0.25) is 5.91 Å². The molecule has 1 heterocycles. The number of anilines is 1. The van der Waals surface area contributed by atoms with Crippen molar-refractivity contribution in [2.24, 2.45) is 5.92 Å². The maximum Gasteiger partial charge on any atom is 0.255 e. The number of piperazine rings is 1. The monoisotopic (exact) mass is 429 g/mol. The highest BCUT2D eigenvalue weighted by molar-refractivity contribution is 6.30. The van der Waals surface area contributed by atoms with Gasteiger partial charge in [-0.2, -0.15) is 0 Å². The second-order valence-corrected chi connectivity index (χ2v) is 8.12. The van der Waals surface area contributed by atoms with E-state index in [4.69, 9.17) is 16.3 Å². The van der Waals surface area contributed by atoms with E-state index >= 15 is 0 Å². The second-order valence-electron chi connectivity index (χ2n) is 7.69. The number of carbonyl (C=O) groups is 2. The molecule has 1 fully saturated rings. The van der Waals surface area contributed by atoms with Crippen molar-refractivity contribution in [3.8, 4) is 5.75 Å². The van der Waals surface area contributed by atoms with Crippen molar-refractivity contribution in [1.82, 2.24) is 10.2 Å². The summed E-state index contributed by atoms with van der Waals surface area (Å²) in [4.78, 5) is 30.1. The predicted octanol–water partition coefficient (Wildman–Crippen LogP) is 3.45. The molecule has 1 aliphatic heterocycles. The van der Waals surface area contributed by atoms with Gasteiger partial charge in [0.1, 0.15) is 11.8 Å². The summed E-state index contributed by atoms with van der Waals surface area (Å²) in [5.41, 5.74) is 1.48. The normalized spacial score (nSPS) is 15.1. The van der Waals surface area contributed by atoms with Gasteiger partial charge in [-0.15, -0.1) is 0 Å². The Morgan fingerprint density at radius 2 is 1.73 bits per heavy atom. The molecule has 0 aliphatic carbocycles. The van der Waals surface area contributed by atoms with E-state index in [-0.39, 0.29) is 17.7 Å². The lowest BCUT2D eigenvalue weighted by Crippen LogP contribution is -2.56. The lowest BCUT2D eigenvalue weighted by molar-refractivity contribution is -0.134. The molecule has 0 saturated carbocycles. The molecule has 1 saturated heterocycles. The SMILES string of the molecule is COc1ccccc1C(=O)N[C@H](C(=O)N1CCN(c2cccc(Cl)c2)CC1)C(C)C. The number of benzene rings is 2. The Kier molecular flexibility index (Phi) is 7.21. The molecular weight excluding hydrogens is 402 g/mol. The van der Waals surface area contributed by atoms with Gasteiger partial charge in [0.25, 0.3) is 5.91 Å². The maximum atomic E-state index is 13.2. The van der Waals surface area contributed by atoms with Gasteiger partial charge in [0.05, 0.1) is 12.7 Å². The molecule has 1 N–H and O–H groups in total. The van der Waals surface area contributed by atoms with Crippen molar-refractivity contribution < 1.29 is 14.3 Å². The molecule has 30 heavy (non-hydrogen) atoms. The van der Waals surface area contributed by atoms with E-state index < -0.39 is 6.04 Å². The number of para-hydroxylation sites is 1. The zero-order valence-corrected chi connectivity index (χ0v) is 18.4. The number of hydrogen-bond acceptors (Lipinski definition) is 4. The third-order valence-electron chi connectivity index (χ3n) is 5.34. The molecule has 160 valence electrons. The molecule has 0 unspecified atom stereocenters. The first kappa shape index (κ1) is 22.0. The summed E-state index contributed by atoms with van der Waals surface area (Å²) in [7, 11) is 1.52. The summed E-state index contributed by atoms with van der Waals surface area (Å²) in [6.45, 7) is 6.51. The van der Waals surface area contributed by atoms with Crippen LogP contribution in [0.1, 0.15) is 24.2 Å². The first-order valence-electron chi connectivity index (χ1n) is 10.1. The molecule has 0 spiro atoms. The first-order valence-corrected chi connectivity index (χ1v) is 10.5. The summed E-state index contributed by atoms with van der Waals surface area (Å²) in [5.74, 6) is 0.0817. The zero-order valence-electron chi connectivity index (χ0n) is 17.6. The van der Waals surface area contributed by atoms with Crippen molar-refractivity contribution in [3.05, 3.63) is 59.1 Å². The van der Waals surface area contributed by atoms with Gasteiger partial charge in [-0.1, -0.05) is 43.6 Å². The number of ether oxygens (including phenoxy) is 1. The number of hydrogen-bond donors (Lipinski definition) is 1. The molecule has 0 bridgehead atoms. The number of halogens is 1. The molecule has 2 aromatic rings. The zero-order chi connectivity index (χ0) is 21.7. The van der Waals surface area contributed by atoms with Gasteiger partial charge >= 0.3 is 0 Å². The van der Waals surface area contributed by atoms with Crippen LogP contribution in [-0.2, 0) is 4.79 Å². The minimum Gasteiger partial charge on any atom is -0.496 e. The number of amides is 2. The molecule has 1 aliphatic rings. The molecule has 0 radical (unpaired) electrons. The van der Waals surface area contributed by atoms with E-state index in [1.807, 2.05) is 43.0 Å². The number of carbonyl (C=O) groups excluding carboxylic acids is 2. The Balaban J connectivity index is 1.65. The third-order valence-corrected chi connectivity index (χ3v) is 5.57. The van der Waals surface area contributed by atoms with Gasteiger partial charge in [0, 0.05) is 36.9 Å². The van der Waals surface area contributed by atoms with E-state index in [1.165, 1.54) is 7.11 Å². The largest absolute Gasteiger partial charge is 0.496 e. The summed E-state index contributed by atoms with van der Waals surface area (Å²) < 4.78 is 5.28. The minimum atomic E-state index is -0.597. The van der Waals surface area contributed by atoms with Crippen molar-refractivity contribution in [1.29, 1.82) is 0 Å². The summed E-state index contributed by atoms with van der Waals surface area (Å²) in [5, 5.41) is 3.61. The Labute approximate surface area is 182 Å². The highest BCUT2D eigenvalue weighted by atomic mass is 35.5. The summed E-state index contributed by atoms with van der Waals surface area (Å²) in [6, 6.07) is 14.1. The second kappa shape index (κ2) is 9.85. The average molecular weight is 430 g/mol. The lowest BCUT2D eigenvalue weighted by Gasteiger charge is -2.38. The van der Waals surface area contributed by atoms with Gasteiger partial charge < -0.3 is 19.9 Å². The quantitative estimate of drug-likeness (QED) is 0.764. The van der Waals surface area contributed by atoms with E-state index in [2.05, 4.69) is 10.2 Å². The minimum absolute atomic E-state index is 0.0397. The van der Waals surface area contributed by atoms with Crippen LogP contribution in [0.15, 0.2) is 48.5 Å². The number of methoxy groups -OCH3 is 1. The first-order chi connectivity index (χ1) is 14.4. The predicted molar refractivity (Wildman–Crippen MR) is 119 cm³/mol. The molecular formula is C23H28ClN3O3. The van der Waals surface area contributed by atoms with Gasteiger partial charge in [-0.25, -0.2) is 0 Å². The van der Waals surface area contributed by atoms with E-state index in [0.29, 0.717) is 29.4 Å². The Morgan fingerprint density at radius 1 is 1.03 bits per heavy atom. The highest BCUT2D eigenvalue weighted by Crippen LogP contribution is 2.22. The Bertz CT molecular complexity index is 895. The molecule has 6 nitrogen and oxygen atoms in total.